The van der Waals surface area contributed by atoms with Gasteiger partial charge in [0.2, 0.25) is 5.91 Å². The van der Waals surface area contributed by atoms with E-state index in [1.54, 1.807) is 24.3 Å². The van der Waals surface area contributed by atoms with Gasteiger partial charge in [-0.2, -0.15) is 0 Å². The molecule has 98 valence electrons. The molecule has 0 aliphatic carbocycles. The molecule has 0 bridgehead atoms. The number of carbonyl (C=O) groups excluding carboxylic acids is 1. The Hall–Kier alpha value is -1.33. The lowest BCUT2D eigenvalue weighted by Gasteiger charge is -2.19. The van der Waals surface area contributed by atoms with Crippen LogP contribution in [0, 0.1) is 5.41 Å². The Morgan fingerprint density at radius 3 is 2.33 bits per heavy atom. The van der Waals surface area contributed by atoms with E-state index in [2.05, 4.69) is 5.32 Å². The second-order valence-corrected chi connectivity index (χ2v) is 5.53. The first-order valence-corrected chi connectivity index (χ1v) is 5.95. The van der Waals surface area contributed by atoms with Crippen molar-refractivity contribution < 1.29 is 14.5 Å². The lowest BCUT2D eigenvalue weighted by molar-refractivity contribution is -0.114. The van der Waals surface area contributed by atoms with Gasteiger partial charge in [0.15, 0.2) is 0 Å². The van der Waals surface area contributed by atoms with Crippen molar-refractivity contribution >= 4 is 24.2 Å². The van der Waals surface area contributed by atoms with Crippen LogP contribution in [-0.2, 0) is 9.45 Å². The monoisotopic (exact) mass is 249 g/mol. The number of nitrogens with one attached hydrogen (secondary N) is 1. The first-order valence-electron chi connectivity index (χ1n) is 5.95. The van der Waals surface area contributed by atoms with E-state index < -0.39 is 7.12 Å². The minimum absolute atomic E-state index is 0.0110. The van der Waals surface area contributed by atoms with Crippen molar-refractivity contribution in [2.75, 3.05) is 11.9 Å². The van der Waals surface area contributed by atoms with E-state index in [0.717, 1.165) is 0 Å². The highest BCUT2D eigenvalue weighted by Gasteiger charge is 2.20. The molecule has 0 atom stereocenters. The summed E-state index contributed by atoms with van der Waals surface area (Å²) >= 11 is 0. The van der Waals surface area contributed by atoms with E-state index in [4.69, 9.17) is 4.65 Å². The van der Waals surface area contributed by atoms with Gasteiger partial charge in [-0.3, -0.25) is 4.79 Å². The Labute approximate surface area is 108 Å². The Morgan fingerprint density at radius 2 is 1.89 bits per heavy atom. The van der Waals surface area contributed by atoms with Crippen molar-refractivity contribution in [2.45, 2.75) is 27.7 Å². The van der Waals surface area contributed by atoms with Crippen LogP contribution in [0.5, 0.6) is 0 Å². The van der Waals surface area contributed by atoms with E-state index in [1.807, 2.05) is 20.8 Å². The smallest absolute Gasteiger partial charge is 0.423 e. The van der Waals surface area contributed by atoms with Crippen molar-refractivity contribution in [1.82, 2.24) is 0 Å². The Kier molecular flexibility index (Phi) is 4.93. The molecule has 2 N–H and O–H groups in total. The summed E-state index contributed by atoms with van der Waals surface area (Å²) in [5, 5.41) is 12.5. The van der Waals surface area contributed by atoms with Crippen LogP contribution in [0.4, 0.5) is 5.69 Å². The predicted octanol–water partition coefficient (Wildman–Crippen LogP) is 1.40. The van der Waals surface area contributed by atoms with E-state index >= 15 is 0 Å². The molecule has 5 heteroatoms. The molecule has 1 amide bonds. The molecule has 0 saturated carbocycles. The maximum Gasteiger partial charge on any atom is 0.491 e. The van der Waals surface area contributed by atoms with Gasteiger partial charge in [0.25, 0.3) is 0 Å². The summed E-state index contributed by atoms with van der Waals surface area (Å²) in [6.07, 6.45) is 0. The molecular formula is C13H20BNO3. The van der Waals surface area contributed by atoms with Crippen molar-refractivity contribution in [1.29, 1.82) is 0 Å². The molecule has 1 rings (SSSR count). The van der Waals surface area contributed by atoms with Gasteiger partial charge in [0.05, 0.1) is 0 Å². The highest BCUT2D eigenvalue weighted by atomic mass is 16.5. The van der Waals surface area contributed by atoms with Crippen LogP contribution in [0.15, 0.2) is 24.3 Å². The minimum Gasteiger partial charge on any atom is -0.423 e. The van der Waals surface area contributed by atoms with Gasteiger partial charge in [-0.25, -0.2) is 0 Å². The highest BCUT2D eigenvalue weighted by Crippen LogP contribution is 2.13. The van der Waals surface area contributed by atoms with E-state index in [-0.39, 0.29) is 11.3 Å². The van der Waals surface area contributed by atoms with Gasteiger partial charge >= 0.3 is 7.12 Å². The fourth-order valence-electron chi connectivity index (χ4n) is 1.36. The first-order chi connectivity index (χ1) is 8.28. The average molecular weight is 249 g/mol. The van der Waals surface area contributed by atoms with Crippen molar-refractivity contribution in [2.24, 2.45) is 5.41 Å². The zero-order valence-electron chi connectivity index (χ0n) is 11.4. The second-order valence-electron chi connectivity index (χ2n) is 5.53. The third-order valence-electron chi connectivity index (χ3n) is 2.19. The van der Waals surface area contributed by atoms with Gasteiger partial charge in [-0.15, -0.1) is 0 Å². The molecule has 0 aromatic heterocycles. The van der Waals surface area contributed by atoms with E-state index in [0.29, 0.717) is 17.8 Å². The molecule has 1 aromatic carbocycles. The van der Waals surface area contributed by atoms with Crippen molar-refractivity contribution in [3.8, 4) is 0 Å². The highest BCUT2D eigenvalue weighted by molar-refractivity contribution is 6.59. The number of hydrogen-bond donors (Lipinski definition) is 2. The average Bonchev–Trinajstić information content (AvgIpc) is 2.25. The van der Waals surface area contributed by atoms with Gasteiger partial charge in [0.1, 0.15) is 0 Å². The summed E-state index contributed by atoms with van der Waals surface area (Å²) in [6, 6.07) is 6.94. The quantitative estimate of drug-likeness (QED) is 0.793. The standard InChI is InChI=1S/C13H20BNO3/c1-10(16)15-12-7-5-11(6-8-12)14(17)18-9-13(2,3)4/h5-8,17H,9H2,1-4H3,(H,15,16). The molecule has 0 saturated heterocycles. The number of hydrogen-bond acceptors (Lipinski definition) is 3. The second kappa shape index (κ2) is 6.02. The van der Waals surface area contributed by atoms with E-state index in [9.17, 15) is 9.82 Å². The Bertz CT molecular complexity index is 398. The zero-order chi connectivity index (χ0) is 13.8. The summed E-state index contributed by atoms with van der Waals surface area (Å²) in [4.78, 5) is 10.9. The topological polar surface area (TPSA) is 58.6 Å². The fourth-order valence-corrected chi connectivity index (χ4v) is 1.36. The van der Waals surface area contributed by atoms with Crippen LogP contribution < -0.4 is 10.8 Å². The third kappa shape index (κ3) is 5.34. The normalized spacial score (nSPS) is 11.2. The molecule has 0 heterocycles. The number of amides is 1. The molecule has 0 fully saturated rings. The summed E-state index contributed by atoms with van der Waals surface area (Å²) in [5.74, 6) is -0.118. The van der Waals surface area contributed by atoms with Crippen LogP contribution in [0.2, 0.25) is 0 Å². The summed E-state index contributed by atoms with van der Waals surface area (Å²) < 4.78 is 5.38. The molecule has 0 spiro atoms. The van der Waals surface area contributed by atoms with Crippen LogP contribution in [-0.4, -0.2) is 24.7 Å². The number of carbonyl (C=O) groups is 1. The van der Waals surface area contributed by atoms with Gasteiger partial charge < -0.3 is 15.0 Å². The number of anilines is 1. The van der Waals surface area contributed by atoms with Crippen LogP contribution >= 0.6 is 0 Å². The van der Waals surface area contributed by atoms with Gasteiger partial charge in [0, 0.05) is 19.2 Å². The van der Waals surface area contributed by atoms with Crippen LogP contribution in [0.3, 0.4) is 0 Å². The largest absolute Gasteiger partial charge is 0.491 e. The molecule has 1 aromatic rings. The van der Waals surface area contributed by atoms with Crippen LogP contribution in [0.25, 0.3) is 0 Å². The summed E-state index contributed by atoms with van der Waals surface area (Å²) in [7, 11) is -0.935. The maximum atomic E-state index is 10.9. The zero-order valence-corrected chi connectivity index (χ0v) is 11.4. The summed E-state index contributed by atoms with van der Waals surface area (Å²) in [6.45, 7) is 8.05. The number of benzene rings is 1. The van der Waals surface area contributed by atoms with Gasteiger partial charge in [-0.1, -0.05) is 32.9 Å². The molecule has 0 aliphatic rings. The predicted molar refractivity (Wildman–Crippen MR) is 73.8 cm³/mol. The Morgan fingerprint density at radius 1 is 1.33 bits per heavy atom. The minimum atomic E-state index is -0.935. The first kappa shape index (κ1) is 14.7. The summed E-state index contributed by atoms with van der Waals surface area (Å²) in [5.41, 5.74) is 1.39. The van der Waals surface area contributed by atoms with Gasteiger partial charge in [-0.05, 0) is 23.0 Å². The molecular weight excluding hydrogens is 229 g/mol. The van der Waals surface area contributed by atoms with Crippen molar-refractivity contribution in [3.63, 3.8) is 0 Å². The Balaban J connectivity index is 2.59. The maximum absolute atomic E-state index is 10.9. The van der Waals surface area contributed by atoms with E-state index in [1.165, 1.54) is 6.92 Å². The van der Waals surface area contributed by atoms with Crippen molar-refractivity contribution in [3.05, 3.63) is 24.3 Å². The molecule has 4 nitrogen and oxygen atoms in total. The molecule has 0 aliphatic heterocycles. The number of rotatable bonds is 4. The lowest BCUT2D eigenvalue weighted by Crippen LogP contribution is -2.36. The lowest BCUT2D eigenvalue weighted by atomic mass is 9.79. The molecule has 0 unspecified atom stereocenters. The molecule has 0 radical (unpaired) electrons. The fraction of sp³-hybridized carbons (Fsp3) is 0.462. The molecule has 18 heavy (non-hydrogen) atoms. The third-order valence-corrected chi connectivity index (χ3v) is 2.19. The SMILES string of the molecule is CC(=O)Nc1ccc(B(O)OCC(C)(C)C)cc1. The van der Waals surface area contributed by atoms with Crippen LogP contribution in [0.1, 0.15) is 27.7 Å².